The Morgan fingerprint density at radius 2 is 1.92 bits per heavy atom. The molecule has 0 spiro atoms. The van der Waals surface area contributed by atoms with Crippen molar-refractivity contribution in [2.45, 2.75) is 36.9 Å². The molecule has 9 nitrogen and oxygen atoms in total. The summed E-state index contributed by atoms with van der Waals surface area (Å²) in [4.78, 5) is 26.2. The Morgan fingerprint density at radius 1 is 1.23 bits per heavy atom. The average Bonchev–Trinajstić information content (AvgIpc) is 3.06. The molecule has 142 valence electrons. The van der Waals surface area contributed by atoms with E-state index < -0.39 is 43.0 Å². The number of aromatic nitrogens is 1. The largest absolute Gasteiger partial charge is 0.451 e. The highest BCUT2D eigenvalue weighted by atomic mass is 16.6. The first-order chi connectivity index (χ1) is 12.4. The Labute approximate surface area is 149 Å². The molecule has 0 aliphatic carbocycles. The topological polar surface area (TPSA) is 166 Å². The number of hydrogen-bond acceptors (Lipinski definition) is 8. The van der Waals surface area contributed by atoms with E-state index in [2.05, 4.69) is 4.98 Å². The van der Waals surface area contributed by atoms with Gasteiger partial charge in [-0.15, -0.1) is 0 Å². The summed E-state index contributed by atoms with van der Waals surface area (Å²) in [5.74, 6) is -0.947. The smallest absolute Gasteiger partial charge is 0.324 e. The maximum absolute atomic E-state index is 12.1. The second kappa shape index (κ2) is 8.88. The van der Waals surface area contributed by atoms with Crippen LogP contribution in [0.15, 0.2) is 30.5 Å². The van der Waals surface area contributed by atoms with Crippen LogP contribution in [0.5, 0.6) is 0 Å². The van der Waals surface area contributed by atoms with Crippen molar-refractivity contribution in [3.63, 3.8) is 0 Å². The number of nitrogens with two attached hydrogens (primary N) is 1. The third-order valence-electron chi connectivity index (χ3n) is 4.07. The van der Waals surface area contributed by atoms with Crippen LogP contribution in [0.3, 0.4) is 0 Å². The normalized spacial score (nSPS) is 17.3. The van der Waals surface area contributed by atoms with Crippen LogP contribution in [0.1, 0.15) is 5.56 Å². The lowest BCUT2D eigenvalue weighted by Crippen LogP contribution is -2.49. The van der Waals surface area contributed by atoms with E-state index in [1.165, 1.54) is 0 Å². The summed E-state index contributed by atoms with van der Waals surface area (Å²) in [6.45, 7) is -0.835. The lowest BCUT2D eigenvalue weighted by atomic mass is 10.0. The van der Waals surface area contributed by atoms with Crippen molar-refractivity contribution in [2.24, 2.45) is 5.73 Å². The number of nitrogens with one attached hydrogen (secondary N) is 1. The van der Waals surface area contributed by atoms with Gasteiger partial charge in [0.25, 0.3) is 0 Å². The number of esters is 1. The number of fused-ring (bicyclic) bond motifs is 1. The predicted octanol–water partition coefficient (Wildman–Crippen LogP) is -1.78. The number of ether oxygens (including phenoxy) is 1. The molecule has 0 bridgehead atoms. The summed E-state index contributed by atoms with van der Waals surface area (Å²) >= 11 is 0. The first-order valence-corrected chi connectivity index (χ1v) is 8.00. The minimum absolute atomic E-state index is 0.119. The van der Waals surface area contributed by atoms with Crippen molar-refractivity contribution in [2.75, 3.05) is 6.61 Å². The van der Waals surface area contributed by atoms with E-state index in [1.54, 1.807) is 6.20 Å². The molecule has 26 heavy (non-hydrogen) atoms. The monoisotopic (exact) mass is 366 g/mol. The van der Waals surface area contributed by atoms with Crippen molar-refractivity contribution in [1.29, 1.82) is 0 Å². The Balaban J connectivity index is 2.01. The summed E-state index contributed by atoms with van der Waals surface area (Å²) < 4.78 is 4.85. The zero-order chi connectivity index (χ0) is 19.3. The van der Waals surface area contributed by atoms with Crippen LogP contribution < -0.4 is 5.73 Å². The van der Waals surface area contributed by atoms with Crippen LogP contribution >= 0.6 is 0 Å². The van der Waals surface area contributed by atoms with Gasteiger partial charge >= 0.3 is 5.97 Å². The molecular formula is C17H22N2O7. The van der Waals surface area contributed by atoms with Crippen LogP contribution in [0.4, 0.5) is 0 Å². The van der Waals surface area contributed by atoms with Crippen molar-refractivity contribution >= 4 is 23.2 Å². The number of H-pyrrole nitrogens is 1. The van der Waals surface area contributed by atoms with Crippen LogP contribution in [0.2, 0.25) is 0 Å². The standard InChI is InChI=1S/C17H22N2O7/c18-11(5-9-6-19-12-4-2-1-3-10(9)12)17(25)26-14(8-21)16(24)15(23)13(22)7-20/h1-4,6,8,11,13-16,19-20,22-24H,5,7,18H2/t11-,13+,14-,15+,16+/m0/s1. The number of rotatable bonds is 9. The van der Waals surface area contributed by atoms with Gasteiger partial charge in [-0.05, 0) is 11.6 Å². The number of aliphatic hydroxyl groups excluding tert-OH is 4. The number of carbonyl (C=O) groups is 2. The van der Waals surface area contributed by atoms with Gasteiger partial charge in [0.15, 0.2) is 12.4 Å². The number of benzene rings is 1. The van der Waals surface area contributed by atoms with E-state index in [-0.39, 0.29) is 12.7 Å². The van der Waals surface area contributed by atoms with Gasteiger partial charge in [-0.3, -0.25) is 9.59 Å². The van der Waals surface area contributed by atoms with Crippen LogP contribution in [0.25, 0.3) is 10.9 Å². The molecule has 0 saturated carbocycles. The van der Waals surface area contributed by atoms with Crippen molar-refractivity contribution in [3.05, 3.63) is 36.0 Å². The maximum atomic E-state index is 12.1. The zero-order valence-corrected chi connectivity index (χ0v) is 13.9. The fraction of sp³-hybridized carbons (Fsp3) is 0.412. The second-order valence-electron chi connectivity index (χ2n) is 5.94. The number of aldehydes is 1. The van der Waals surface area contributed by atoms with E-state index in [4.69, 9.17) is 15.6 Å². The molecule has 0 radical (unpaired) electrons. The summed E-state index contributed by atoms with van der Waals surface area (Å²) in [5, 5.41) is 38.4. The van der Waals surface area contributed by atoms with Crippen molar-refractivity contribution in [1.82, 2.24) is 4.98 Å². The molecule has 0 unspecified atom stereocenters. The molecule has 7 N–H and O–H groups in total. The van der Waals surface area contributed by atoms with Gasteiger partial charge in [-0.1, -0.05) is 18.2 Å². The molecule has 0 aliphatic heterocycles. The summed E-state index contributed by atoms with van der Waals surface area (Å²) in [6.07, 6.45) is -5.23. The lowest BCUT2D eigenvalue weighted by Gasteiger charge is -2.26. The first kappa shape index (κ1) is 20.0. The van der Waals surface area contributed by atoms with Gasteiger partial charge in [0.1, 0.15) is 24.4 Å². The molecule has 1 aromatic carbocycles. The molecule has 2 rings (SSSR count). The molecule has 1 heterocycles. The predicted molar refractivity (Wildman–Crippen MR) is 91.0 cm³/mol. The fourth-order valence-electron chi connectivity index (χ4n) is 2.55. The zero-order valence-electron chi connectivity index (χ0n) is 13.9. The first-order valence-electron chi connectivity index (χ1n) is 8.00. The van der Waals surface area contributed by atoms with E-state index in [9.17, 15) is 24.9 Å². The highest BCUT2D eigenvalue weighted by Gasteiger charge is 2.34. The summed E-state index contributed by atoms with van der Waals surface area (Å²) in [6, 6.07) is 6.33. The lowest BCUT2D eigenvalue weighted by molar-refractivity contribution is -0.169. The SMILES string of the molecule is N[C@@H](Cc1c[nH]c2ccccc12)C(=O)O[C@@H](C=O)[C@@H](O)[C@H](O)[C@H](O)CO. The van der Waals surface area contributed by atoms with Gasteiger partial charge in [0, 0.05) is 23.5 Å². The van der Waals surface area contributed by atoms with Crippen molar-refractivity contribution in [3.8, 4) is 0 Å². The molecule has 0 aliphatic rings. The van der Waals surface area contributed by atoms with Crippen LogP contribution in [-0.4, -0.2) is 74.7 Å². The summed E-state index contributed by atoms with van der Waals surface area (Å²) in [7, 11) is 0. The Bertz CT molecular complexity index is 748. The molecule has 5 atom stereocenters. The number of aliphatic hydroxyl groups is 4. The Morgan fingerprint density at radius 3 is 2.58 bits per heavy atom. The number of para-hydroxylation sites is 1. The quantitative estimate of drug-likeness (QED) is 0.224. The molecule has 9 heteroatoms. The molecule has 0 fully saturated rings. The van der Waals surface area contributed by atoms with Crippen LogP contribution in [0, 0.1) is 0 Å². The van der Waals surface area contributed by atoms with Crippen molar-refractivity contribution < 1.29 is 34.8 Å². The Hall–Kier alpha value is -2.30. The minimum atomic E-state index is -1.90. The van der Waals surface area contributed by atoms with E-state index in [1.807, 2.05) is 24.3 Å². The maximum Gasteiger partial charge on any atom is 0.324 e. The van der Waals surface area contributed by atoms with Gasteiger partial charge in [-0.2, -0.15) is 0 Å². The van der Waals surface area contributed by atoms with E-state index in [0.717, 1.165) is 16.5 Å². The molecule has 1 aromatic heterocycles. The average molecular weight is 366 g/mol. The number of hydrogen-bond donors (Lipinski definition) is 6. The molecule has 0 amide bonds. The van der Waals surface area contributed by atoms with Gasteiger partial charge in [0.2, 0.25) is 0 Å². The molecule has 0 saturated heterocycles. The van der Waals surface area contributed by atoms with Crippen LogP contribution in [-0.2, 0) is 20.7 Å². The highest BCUT2D eigenvalue weighted by molar-refractivity contribution is 5.85. The van der Waals surface area contributed by atoms with E-state index in [0.29, 0.717) is 0 Å². The second-order valence-corrected chi connectivity index (χ2v) is 5.94. The number of aromatic amines is 1. The van der Waals surface area contributed by atoms with Gasteiger partial charge in [-0.25, -0.2) is 0 Å². The summed E-state index contributed by atoms with van der Waals surface area (Å²) in [5.41, 5.74) is 7.49. The molecule has 2 aromatic rings. The van der Waals surface area contributed by atoms with Gasteiger partial charge in [0.05, 0.1) is 6.61 Å². The third-order valence-corrected chi connectivity index (χ3v) is 4.07. The number of carbonyl (C=O) groups excluding carboxylic acids is 2. The fourth-order valence-corrected chi connectivity index (χ4v) is 2.55. The van der Waals surface area contributed by atoms with Gasteiger partial charge < -0.3 is 35.9 Å². The molecular weight excluding hydrogens is 344 g/mol. The third kappa shape index (κ3) is 4.45. The minimum Gasteiger partial charge on any atom is -0.451 e. The Kier molecular flexibility index (Phi) is 6.83. The highest BCUT2D eigenvalue weighted by Crippen LogP contribution is 2.19. The van der Waals surface area contributed by atoms with E-state index >= 15 is 0 Å².